The van der Waals surface area contributed by atoms with Crippen molar-refractivity contribution in [2.75, 3.05) is 13.2 Å². The maximum Gasteiger partial charge on any atom is 0.345 e. The number of carboxylic acids is 1. The van der Waals surface area contributed by atoms with Crippen LogP contribution in [-0.4, -0.2) is 48.1 Å². The normalized spacial score (nSPS) is 12.3. The highest BCUT2D eigenvalue weighted by Crippen LogP contribution is 2.34. The molecule has 0 radical (unpaired) electrons. The fraction of sp³-hybridized carbons (Fsp3) is 0.500. The Hall–Kier alpha value is -0.480. The SMILES string of the molecule is CC(C)N(CCO)S(=O)(=O)c1cc(C(=O)O)sc1Br. The molecule has 1 aromatic rings. The number of halogens is 1. The molecule has 108 valence electrons. The summed E-state index contributed by atoms with van der Waals surface area (Å²) in [5.74, 6) is -1.18. The van der Waals surface area contributed by atoms with E-state index < -0.39 is 16.0 Å². The fourth-order valence-corrected chi connectivity index (χ4v) is 5.50. The van der Waals surface area contributed by atoms with E-state index in [9.17, 15) is 13.2 Å². The molecule has 6 nitrogen and oxygen atoms in total. The summed E-state index contributed by atoms with van der Waals surface area (Å²) in [6.45, 7) is 3.03. The summed E-state index contributed by atoms with van der Waals surface area (Å²) in [5.41, 5.74) is 0. The average Bonchev–Trinajstić information content (AvgIpc) is 2.68. The number of nitrogens with zero attached hydrogens (tertiary/aromatic N) is 1. The highest BCUT2D eigenvalue weighted by Gasteiger charge is 2.30. The van der Waals surface area contributed by atoms with Crippen molar-refractivity contribution < 1.29 is 23.4 Å². The summed E-state index contributed by atoms with van der Waals surface area (Å²) < 4.78 is 26.2. The first-order valence-electron chi connectivity index (χ1n) is 5.37. The number of hydrogen-bond acceptors (Lipinski definition) is 5. The van der Waals surface area contributed by atoms with Crippen molar-refractivity contribution in [2.24, 2.45) is 0 Å². The Kier molecular flexibility index (Phi) is 5.51. The molecule has 0 aliphatic rings. The number of aromatic carboxylic acids is 1. The number of sulfonamides is 1. The molecule has 0 amide bonds. The molecule has 0 saturated carbocycles. The van der Waals surface area contributed by atoms with Gasteiger partial charge in [0.2, 0.25) is 10.0 Å². The van der Waals surface area contributed by atoms with Crippen LogP contribution in [0.1, 0.15) is 23.5 Å². The minimum atomic E-state index is -3.83. The Morgan fingerprint density at radius 1 is 1.53 bits per heavy atom. The summed E-state index contributed by atoms with van der Waals surface area (Å²) in [5, 5.41) is 17.8. The van der Waals surface area contributed by atoms with E-state index in [-0.39, 0.29) is 32.8 Å². The van der Waals surface area contributed by atoms with Gasteiger partial charge in [-0.3, -0.25) is 0 Å². The molecule has 9 heteroatoms. The van der Waals surface area contributed by atoms with Crippen molar-refractivity contribution in [3.8, 4) is 0 Å². The van der Waals surface area contributed by atoms with Crippen molar-refractivity contribution in [3.05, 3.63) is 14.7 Å². The molecule has 0 aliphatic heterocycles. The van der Waals surface area contributed by atoms with E-state index in [1.54, 1.807) is 13.8 Å². The lowest BCUT2D eigenvalue weighted by atomic mass is 10.4. The van der Waals surface area contributed by atoms with Gasteiger partial charge in [0.25, 0.3) is 0 Å². The van der Waals surface area contributed by atoms with Crippen LogP contribution < -0.4 is 0 Å². The number of thiophene rings is 1. The van der Waals surface area contributed by atoms with Crippen molar-refractivity contribution >= 4 is 43.3 Å². The summed E-state index contributed by atoms with van der Waals surface area (Å²) in [6.07, 6.45) is 0. The number of carboxylic acid groups (broad SMARTS) is 1. The van der Waals surface area contributed by atoms with E-state index in [0.29, 0.717) is 0 Å². The molecule has 1 aromatic heterocycles. The molecular formula is C10H14BrNO5S2. The van der Waals surface area contributed by atoms with Gasteiger partial charge in [-0.1, -0.05) is 0 Å². The fourth-order valence-electron chi connectivity index (χ4n) is 1.51. The van der Waals surface area contributed by atoms with Crippen LogP contribution in [0.15, 0.2) is 14.7 Å². The van der Waals surface area contributed by atoms with Gasteiger partial charge in [0.05, 0.1) is 10.4 Å². The molecule has 0 aromatic carbocycles. The van der Waals surface area contributed by atoms with Gasteiger partial charge in [0.15, 0.2) is 0 Å². The summed E-state index contributed by atoms with van der Waals surface area (Å²) in [6, 6.07) is 0.788. The van der Waals surface area contributed by atoms with Crippen LogP contribution in [0.3, 0.4) is 0 Å². The van der Waals surface area contributed by atoms with Crippen molar-refractivity contribution in [2.45, 2.75) is 24.8 Å². The molecule has 0 aliphatic carbocycles. The third-order valence-corrected chi connectivity index (χ3v) is 6.66. The minimum absolute atomic E-state index is 0.0370. The lowest BCUT2D eigenvalue weighted by molar-refractivity contribution is 0.0702. The first-order chi connectivity index (χ1) is 8.71. The number of aliphatic hydroxyl groups excluding tert-OH is 1. The van der Waals surface area contributed by atoms with Gasteiger partial charge in [-0.05, 0) is 35.8 Å². The van der Waals surface area contributed by atoms with Crippen molar-refractivity contribution in [1.29, 1.82) is 0 Å². The van der Waals surface area contributed by atoms with Crippen LogP contribution in [0.25, 0.3) is 0 Å². The van der Waals surface area contributed by atoms with Gasteiger partial charge in [-0.15, -0.1) is 11.3 Å². The third kappa shape index (κ3) is 3.54. The largest absolute Gasteiger partial charge is 0.477 e. The summed E-state index contributed by atoms with van der Waals surface area (Å²) in [4.78, 5) is 10.7. The maximum atomic E-state index is 12.4. The highest BCUT2D eigenvalue weighted by molar-refractivity contribution is 9.11. The zero-order valence-corrected chi connectivity index (χ0v) is 13.5. The molecule has 1 rings (SSSR count). The molecule has 0 bridgehead atoms. The lowest BCUT2D eigenvalue weighted by Gasteiger charge is -2.24. The molecule has 2 N–H and O–H groups in total. The lowest BCUT2D eigenvalue weighted by Crippen LogP contribution is -2.38. The molecule has 0 saturated heterocycles. The Morgan fingerprint density at radius 3 is 2.47 bits per heavy atom. The molecule has 0 unspecified atom stereocenters. The van der Waals surface area contributed by atoms with E-state index in [4.69, 9.17) is 10.2 Å². The Morgan fingerprint density at radius 2 is 2.11 bits per heavy atom. The van der Waals surface area contributed by atoms with Crippen LogP contribution >= 0.6 is 27.3 Å². The Bertz CT molecular complexity index is 566. The first kappa shape index (κ1) is 16.6. The second kappa shape index (κ2) is 6.31. The molecule has 0 spiro atoms. The second-order valence-corrected chi connectivity index (χ2v) is 8.22. The zero-order chi connectivity index (χ0) is 14.8. The number of aliphatic hydroxyl groups is 1. The number of hydrogen-bond donors (Lipinski definition) is 2. The summed E-state index contributed by atoms with van der Waals surface area (Å²) >= 11 is 3.92. The highest BCUT2D eigenvalue weighted by atomic mass is 79.9. The van der Waals surface area contributed by atoms with Gasteiger partial charge in [-0.2, -0.15) is 4.31 Å². The second-order valence-electron chi connectivity index (χ2n) is 3.99. The monoisotopic (exact) mass is 371 g/mol. The van der Waals surface area contributed by atoms with Gasteiger partial charge in [-0.25, -0.2) is 13.2 Å². The van der Waals surface area contributed by atoms with E-state index >= 15 is 0 Å². The summed E-state index contributed by atoms with van der Waals surface area (Å²) in [7, 11) is -3.83. The number of carbonyl (C=O) groups is 1. The third-order valence-electron chi connectivity index (χ3n) is 2.35. The number of rotatable bonds is 6. The molecular weight excluding hydrogens is 358 g/mol. The Labute approximate surface area is 123 Å². The van der Waals surface area contributed by atoms with E-state index in [2.05, 4.69) is 15.9 Å². The molecule has 1 heterocycles. The molecule has 0 atom stereocenters. The van der Waals surface area contributed by atoms with Gasteiger partial charge < -0.3 is 10.2 Å². The first-order valence-corrected chi connectivity index (χ1v) is 8.42. The van der Waals surface area contributed by atoms with E-state index in [1.165, 1.54) is 0 Å². The predicted molar refractivity (Wildman–Crippen MR) is 75.1 cm³/mol. The topological polar surface area (TPSA) is 94.9 Å². The van der Waals surface area contributed by atoms with Crippen LogP contribution in [0.5, 0.6) is 0 Å². The van der Waals surface area contributed by atoms with Gasteiger partial charge >= 0.3 is 5.97 Å². The Balaban J connectivity index is 3.29. The van der Waals surface area contributed by atoms with Crippen LogP contribution in [0.2, 0.25) is 0 Å². The van der Waals surface area contributed by atoms with Crippen LogP contribution in [-0.2, 0) is 10.0 Å². The standard InChI is InChI=1S/C10H14BrNO5S2/c1-6(2)12(3-4-13)19(16,17)8-5-7(10(14)15)18-9(8)11/h5-6,13H,3-4H2,1-2H3,(H,14,15). The van der Waals surface area contributed by atoms with Crippen LogP contribution in [0.4, 0.5) is 0 Å². The molecule has 0 fully saturated rings. The quantitative estimate of drug-likeness (QED) is 0.791. The average molecular weight is 372 g/mol. The molecule has 19 heavy (non-hydrogen) atoms. The van der Waals surface area contributed by atoms with Crippen molar-refractivity contribution in [3.63, 3.8) is 0 Å². The van der Waals surface area contributed by atoms with Crippen molar-refractivity contribution in [1.82, 2.24) is 4.31 Å². The van der Waals surface area contributed by atoms with E-state index in [0.717, 1.165) is 21.7 Å². The van der Waals surface area contributed by atoms with E-state index in [1.807, 2.05) is 0 Å². The van der Waals surface area contributed by atoms with Gasteiger partial charge in [0.1, 0.15) is 9.77 Å². The zero-order valence-electron chi connectivity index (χ0n) is 10.3. The minimum Gasteiger partial charge on any atom is -0.477 e. The van der Waals surface area contributed by atoms with Crippen LogP contribution in [0, 0.1) is 0 Å². The smallest absolute Gasteiger partial charge is 0.345 e. The van der Waals surface area contributed by atoms with Gasteiger partial charge in [0, 0.05) is 12.6 Å². The predicted octanol–water partition coefficient (Wildman–Crippen LogP) is 1.60. The maximum absolute atomic E-state index is 12.4.